The SMILES string of the molecule is CCCNCc1cnc2c(C)c(C)nn2c1. The first-order valence-electron chi connectivity index (χ1n) is 5.73. The molecule has 0 aromatic carbocycles. The maximum absolute atomic E-state index is 4.44. The van der Waals surface area contributed by atoms with Crippen LogP contribution in [-0.2, 0) is 6.54 Å². The molecule has 0 aliphatic carbocycles. The largest absolute Gasteiger partial charge is 0.313 e. The van der Waals surface area contributed by atoms with Crippen LogP contribution in [0, 0.1) is 13.8 Å². The van der Waals surface area contributed by atoms with E-state index in [9.17, 15) is 0 Å². The second-order valence-corrected chi connectivity index (χ2v) is 4.12. The van der Waals surface area contributed by atoms with Gasteiger partial charge in [-0.2, -0.15) is 5.10 Å². The first-order chi connectivity index (χ1) is 7.72. The molecule has 1 N–H and O–H groups in total. The van der Waals surface area contributed by atoms with E-state index in [0.717, 1.165) is 36.4 Å². The normalized spacial score (nSPS) is 11.2. The second-order valence-electron chi connectivity index (χ2n) is 4.12. The van der Waals surface area contributed by atoms with Gasteiger partial charge in [-0.25, -0.2) is 9.50 Å². The maximum atomic E-state index is 4.44. The van der Waals surface area contributed by atoms with Crippen LogP contribution in [-0.4, -0.2) is 21.1 Å². The number of nitrogens with zero attached hydrogens (tertiary/aromatic N) is 3. The van der Waals surface area contributed by atoms with Gasteiger partial charge >= 0.3 is 0 Å². The highest BCUT2D eigenvalue weighted by atomic mass is 15.2. The van der Waals surface area contributed by atoms with Crippen LogP contribution in [0.25, 0.3) is 5.65 Å². The van der Waals surface area contributed by atoms with Gasteiger partial charge in [0.2, 0.25) is 0 Å². The molecule has 2 heterocycles. The Balaban J connectivity index is 2.23. The lowest BCUT2D eigenvalue weighted by Crippen LogP contribution is -2.14. The Bertz CT molecular complexity index is 487. The van der Waals surface area contributed by atoms with E-state index in [2.05, 4.69) is 29.2 Å². The molecule has 4 heteroatoms. The predicted molar refractivity (Wildman–Crippen MR) is 64.5 cm³/mol. The molecule has 86 valence electrons. The smallest absolute Gasteiger partial charge is 0.158 e. The standard InChI is InChI=1S/C12H18N4/c1-4-5-13-6-11-7-14-12-9(2)10(3)15-16(12)8-11/h7-8,13H,4-6H2,1-3H3. The fourth-order valence-corrected chi connectivity index (χ4v) is 1.70. The summed E-state index contributed by atoms with van der Waals surface area (Å²) in [6.07, 6.45) is 5.12. The summed E-state index contributed by atoms with van der Waals surface area (Å²) in [5.74, 6) is 0. The van der Waals surface area contributed by atoms with Crippen LogP contribution in [0.5, 0.6) is 0 Å². The van der Waals surface area contributed by atoms with Crippen LogP contribution in [0.2, 0.25) is 0 Å². The lowest BCUT2D eigenvalue weighted by Gasteiger charge is -2.03. The lowest BCUT2D eigenvalue weighted by molar-refractivity contribution is 0.669. The summed E-state index contributed by atoms with van der Waals surface area (Å²) in [7, 11) is 0. The first-order valence-corrected chi connectivity index (χ1v) is 5.73. The van der Waals surface area contributed by atoms with E-state index in [0.29, 0.717) is 0 Å². The summed E-state index contributed by atoms with van der Waals surface area (Å²) >= 11 is 0. The van der Waals surface area contributed by atoms with E-state index in [4.69, 9.17) is 0 Å². The molecule has 0 amide bonds. The molecule has 0 saturated heterocycles. The summed E-state index contributed by atoms with van der Waals surface area (Å²) in [5, 5.41) is 7.78. The molecule has 0 aliphatic rings. The van der Waals surface area contributed by atoms with Crippen molar-refractivity contribution >= 4 is 5.65 Å². The fourth-order valence-electron chi connectivity index (χ4n) is 1.70. The summed E-state index contributed by atoms with van der Waals surface area (Å²) in [4.78, 5) is 4.44. The molecule has 16 heavy (non-hydrogen) atoms. The molecule has 4 nitrogen and oxygen atoms in total. The number of hydrogen-bond donors (Lipinski definition) is 1. The van der Waals surface area contributed by atoms with E-state index in [1.54, 1.807) is 0 Å². The molecule has 0 saturated carbocycles. The van der Waals surface area contributed by atoms with Gasteiger partial charge in [-0.05, 0) is 26.8 Å². The van der Waals surface area contributed by atoms with Crippen LogP contribution in [0.4, 0.5) is 0 Å². The van der Waals surface area contributed by atoms with Crippen LogP contribution < -0.4 is 5.32 Å². The zero-order valence-electron chi connectivity index (χ0n) is 10.1. The van der Waals surface area contributed by atoms with Crippen LogP contribution in [0.15, 0.2) is 12.4 Å². The number of nitrogens with one attached hydrogen (secondary N) is 1. The molecule has 2 aromatic rings. The van der Waals surface area contributed by atoms with Gasteiger partial charge in [0, 0.05) is 30.1 Å². The van der Waals surface area contributed by atoms with Crippen molar-refractivity contribution in [1.82, 2.24) is 19.9 Å². The third-order valence-corrected chi connectivity index (χ3v) is 2.75. The highest BCUT2D eigenvalue weighted by Crippen LogP contribution is 2.11. The van der Waals surface area contributed by atoms with Crippen molar-refractivity contribution in [1.29, 1.82) is 0 Å². The third-order valence-electron chi connectivity index (χ3n) is 2.75. The molecule has 2 aromatic heterocycles. The molecule has 0 unspecified atom stereocenters. The number of aromatic nitrogens is 3. The van der Waals surface area contributed by atoms with Crippen molar-refractivity contribution in [3.8, 4) is 0 Å². The van der Waals surface area contributed by atoms with E-state index in [1.807, 2.05) is 23.8 Å². The quantitative estimate of drug-likeness (QED) is 0.796. The van der Waals surface area contributed by atoms with Crippen molar-refractivity contribution < 1.29 is 0 Å². The molecule has 0 spiro atoms. The van der Waals surface area contributed by atoms with E-state index < -0.39 is 0 Å². The van der Waals surface area contributed by atoms with Crippen molar-refractivity contribution in [2.75, 3.05) is 6.54 Å². The Kier molecular flexibility index (Phi) is 3.19. The average Bonchev–Trinajstić information content (AvgIpc) is 2.55. The van der Waals surface area contributed by atoms with Gasteiger partial charge in [-0.1, -0.05) is 6.92 Å². The molecule has 2 rings (SSSR count). The minimum Gasteiger partial charge on any atom is -0.313 e. The minimum absolute atomic E-state index is 0.856. The second kappa shape index (κ2) is 4.61. The van der Waals surface area contributed by atoms with Crippen LogP contribution >= 0.6 is 0 Å². The Labute approximate surface area is 95.7 Å². The van der Waals surface area contributed by atoms with Gasteiger partial charge in [-0.15, -0.1) is 0 Å². The third kappa shape index (κ3) is 2.07. The zero-order valence-corrected chi connectivity index (χ0v) is 10.1. The average molecular weight is 218 g/mol. The highest BCUT2D eigenvalue weighted by molar-refractivity contribution is 5.48. The monoisotopic (exact) mass is 218 g/mol. The van der Waals surface area contributed by atoms with Crippen LogP contribution in [0.1, 0.15) is 30.2 Å². The highest BCUT2D eigenvalue weighted by Gasteiger charge is 2.05. The Hall–Kier alpha value is -1.42. The number of rotatable bonds is 4. The van der Waals surface area contributed by atoms with Gasteiger partial charge < -0.3 is 5.32 Å². The van der Waals surface area contributed by atoms with Gasteiger partial charge in [0.1, 0.15) is 0 Å². The Morgan fingerprint density at radius 1 is 1.38 bits per heavy atom. The Morgan fingerprint density at radius 2 is 2.19 bits per heavy atom. The van der Waals surface area contributed by atoms with E-state index in [1.165, 1.54) is 5.56 Å². The fraction of sp³-hybridized carbons (Fsp3) is 0.500. The molecule has 0 fully saturated rings. The summed E-state index contributed by atoms with van der Waals surface area (Å²) in [6.45, 7) is 8.12. The van der Waals surface area contributed by atoms with E-state index >= 15 is 0 Å². The number of hydrogen-bond acceptors (Lipinski definition) is 3. The molecule has 0 bridgehead atoms. The van der Waals surface area contributed by atoms with Crippen molar-refractivity contribution in [3.63, 3.8) is 0 Å². The molecular weight excluding hydrogens is 200 g/mol. The van der Waals surface area contributed by atoms with Gasteiger partial charge in [-0.3, -0.25) is 0 Å². The summed E-state index contributed by atoms with van der Waals surface area (Å²) in [5.41, 5.74) is 4.33. The minimum atomic E-state index is 0.856. The molecular formula is C12H18N4. The maximum Gasteiger partial charge on any atom is 0.158 e. The zero-order chi connectivity index (χ0) is 11.5. The van der Waals surface area contributed by atoms with Gasteiger partial charge in [0.25, 0.3) is 0 Å². The van der Waals surface area contributed by atoms with Crippen molar-refractivity contribution in [2.45, 2.75) is 33.7 Å². The number of fused-ring (bicyclic) bond motifs is 1. The van der Waals surface area contributed by atoms with Gasteiger partial charge in [0.05, 0.1) is 5.69 Å². The topological polar surface area (TPSA) is 42.2 Å². The first kappa shape index (κ1) is 11.1. The molecule has 0 atom stereocenters. The van der Waals surface area contributed by atoms with Crippen molar-refractivity contribution in [2.24, 2.45) is 0 Å². The lowest BCUT2D eigenvalue weighted by atomic mass is 10.3. The van der Waals surface area contributed by atoms with E-state index in [-0.39, 0.29) is 0 Å². The Morgan fingerprint density at radius 3 is 2.94 bits per heavy atom. The number of aryl methyl sites for hydroxylation is 2. The molecule has 0 aliphatic heterocycles. The summed E-state index contributed by atoms with van der Waals surface area (Å²) in [6, 6.07) is 0. The molecule has 0 radical (unpaired) electrons. The summed E-state index contributed by atoms with van der Waals surface area (Å²) < 4.78 is 1.87. The van der Waals surface area contributed by atoms with Crippen molar-refractivity contribution in [3.05, 3.63) is 29.2 Å². The predicted octanol–water partition coefficient (Wildman–Crippen LogP) is 1.85. The van der Waals surface area contributed by atoms with Gasteiger partial charge in [0.15, 0.2) is 5.65 Å². The van der Waals surface area contributed by atoms with Crippen LogP contribution in [0.3, 0.4) is 0 Å².